The van der Waals surface area contributed by atoms with Gasteiger partial charge in [-0.05, 0) is 24.1 Å². The number of methoxy groups -OCH3 is 1. The maximum Gasteiger partial charge on any atom is 0.416 e. The molecule has 2 atom stereocenters. The van der Waals surface area contributed by atoms with Crippen molar-refractivity contribution in [3.63, 3.8) is 0 Å². The minimum absolute atomic E-state index is 0.0438. The van der Waals surface area contributed by atoms with E-state index in [1.807, 2.05) is 4.90 Å². The van der Waals surface area contributed by atoms with E-state index in [1.165, 1.54) is 13.2 Å². The summed E-state index contributed by atoms with van der Waals surface area (Å²) in [5, 5.41) is 2.93. The fraction of sp³-hybridized carbons (Fsp3) is 0.562. The molecule has 23 heavy (non-hydrogen) atoms. The van der Waals surface area contributed by atoms with E-state index in [-0.39, 0.29) is 35.7 Å². The first-order chi connectivity index (χ1) is 10.9. The predicted octanol–water partition coefficient (Wildman–Crippen LogP) is 2.42. The molecule has 1 aromatic carbocycles. The van der Waals surface area contributed by atoms with Gasteiger partial charge in [0.15, 0.2) is 0 Å². The van der Waals surface area contributed by atoms with Crippen LogP contribution in [0.3, 0.4) is 0 Å². The maximum absolute atomic E-state index is 13.3. The van der Waals surface area contributed by atoms with E-state index in [0.717, 1.165) is 12.5 Å². The first kappa shape index (κ1) is 16.1. The number of alkyl halides is 3. The van der Waals surface area contributed by atoms with E-state index in [2.05, 4.69) is 5.32 Å². The van der Waals surface area contributed by atoms with Crippen molar-refractivity contribution in [2.24, 2.45) is 5.92 Å². The van der Waals surface area contributed by atoms with Gasteiger partial charge in [-0.25, -0.2) is 0 Å². The van der Waals surface area contributed by atoms with Crippen molar-refractivity contribution in [2.75, 3.05) is 20.2 Å². The SMILES string of the molecule is COc1ccc(CN2CC[C@@H]3NC(=O)C[C@@H]3C2)c(C(F)(F)F)c1. The monoisotopic (exact) mass is 328 g/mol. The minimum atomic E-state index is -4.41. The second kappa shape index (κ2) is 6.03. The van der Waals surface area contributed by atoms with E-state index in [4.69, 9.17) is 4.74 Å². The first-order valence-electron chi connectivity index (χ1n) is 7.62. The Hall–Kier alpha value is -1.76. The molecule has 2 fully saturated rings. The molecule has 0 saturated carbocycles. The Morgan fingerprint density at radius 3 is 2.87 bits per heavy atom. The van der Waals surface area contributed by atoms with Crippen molar-refractivity contribution >= 4 is 5.91 Å². The number of amides is 1. The number of fused-ring (bicyclic) bond motifs is 1. The van der Waals surface area contributed by atoms with Gasteiger partial charge in [0.05, 0.1) is 12.7 Å². The molecule has 0 aliphatic carbocycles. The summed E-state index contributed by atoms with van der Waals surface area (Å²) < 4.78 is 44.7. The average Bonchev–Trinajstić information content (AvgIpc) is 2.86. The van der Waals surface area contributed by atoms with Crippen molar-refractivity contribution < 1.29 is 22.7 Å². The van der Waals surface area contributed by atoms with Gasteiger partial charge in [0.2, 0.25) is 5.91 Å². The maximum atomic E-state index is 13.3. The molecular weight excluding hydrogens is 309 g/mol. The number of carbonyl (C=O) groups excluding carboxylic acids is 1. The highest BCUT2D eigenvalue weighted by molar-refractivity contribution is 5.79. The topological polar surface area (TPSA) is 41.6 Å². The quantitative estimate of drug-likeness (QED) is 0.927. The highest BCUT2D eigenvalue weighted by Crippen LogP contribution is 2.35. The normalized spacial score (nSPS) is 25.1. The Morgan fingerprint density at radius 1 is 1.39 bits per heavy atom. The largest absolute Gasteiger partial charge is 0.497 e. The molecule has 0 bridgehead atoms. The zero-order valence-electron chi connectivity index (χ0n) is 12.8. The fourth-order valence-electron chi connectivity index (χ4n) is 3.48. The van der Waals surface area contributed by atoms with Crippen LogP contribution in [0.1, 0.15) is 24.0 Å². The third-order valence-electron chi connectivity index (χ3n) is 4.63. The molecule has 1 amide bonds. The number of hydrogen-bond acceptors (Lipinski definition) is 3. The number of ether oxygens (including phenoxy) is 1. The van der Waals surface area contributed by atoms with Crippen LogP contribution in [-0.4, -0.2) is 37.0 Å². The summed E-state index contributed by atoms with van der Waals surface area (Å²) in [7, 11) is 1.35. The van der Waals surface area contributed by atoms with Gasteiger partial charge in [-0.2, -0.15) is 13.2 Å². The molecule has 1 aromatic rings. The van der Waals surface area contributed by atoms with E-state index in [0.29, 0.717) is 19.5 Å². The summed E-state index contributed by atoms with van der Waals surface area (Å²) in [5.74, 6) is 0.441. The lowest BCUT2D eigenvalue weighted by Gasteiger charge is -2.34. The minimum Gasteiger partial charge on any atom is -0.497 e. The number of nitrogens with one attached hydrogen (secondary N) is 1. The highest BCUT2D eigenvalue weighted by atomic mass is 19.4. The van der Waals surface area contributed by atoms with Crippen LogP contribution in [0.25, 0.3) is 0 Å². The lowest BCUT2D eigenvalue weighted by Crippen LogP contribution is -2.44. The Morgan fingerprint density at radius 2 is 2.17 bits per heavy atom. The van der Waals surface area contributed by atoms with Gasteiger partial charge in [0.25, 0.3) is 0 Å². The lowest BCUT2D eigenvalue weighted by molar-refractivity contribution is -0.138. The van der Waals surface area contributed by atoms with Crippen molar-refractivity contribution in [2.45, 2.75) is 31.6 Å². The molecule has 1 N–H and O–H groups in total. The summed E-state index contributed by atoms with van der Waals surface area (Å²) >= 11 is 0. The Bertz CT molecular complexity index is 603. The Balaban J connectivity index is 1.76. The van der Waals surface area contributed by atoms with Gasteiger partial charge in [-0.3, -0.25) is 9.69 Å². The molecule has 0 aromatic heterocycles. The standard InChI is InChI=1S/C16H19F3N2O2/c1-23-12-3-2-10(13(7-12)16(17,18)19)8-21-5-4-14-11(9-21)6-15(22)20-14/h2-3,7,11,14H,4-6,8-9H2,1H3,(H,20,22)/t11-,14+/m1/s1. The lowest BCUT2D eigenvalue weighted by atomic mass is 9.92. The molecule has 0 spiro atoms. The zero-order chi connectivity index (χ0) is 16.6. The summed E-state index contributed by atoms with van der Waals surface area (Å²) in [6.45, 7) is 1.56. The van der Waals surface area contributed by atoms with E-state index in [9.17, 15) is 18.0 Å². The third kappa shape index (κ3) is 3.44. The summed E-state index contributed by atoms with van der Waals surface area (Å²) in [6.07, 6.45) is -3.16. The molecule has 0 unspecified atom stereocenters. The molecule has 4 nitrogen and oxygen atoms in total. The van der Waals surface area contributed by atoms with Crippen LogP contribution >= 0.6 is 0 Å². The molecule has 2 saturated heterocycles. The molecule has 2 heterocycles. The molecule has 7 heteroatoms. The molecular formula is C16H19F3N2O2. The number of benzene rings is 1. The number of halogens is 3. The van der Waals surface area contributed by atoms with Gasteiger partial charge >= 0.3 is 6.18 Å². The van der Waals surface area contributed by atoms with Gasteiger partial charge in [-0.15, -0.1) is 0 Å². The number of piperidine rings is 1. The summed E-state index contributed by atoms with van der Waals surface area (Å²) in [5.41, 5.74) is -0.409. The van der Waals surface area contributed by atoms with Crippen LogP contribution < -0.4 is 10.1 Å². The van der Waals surface area contributed by atoms with Gasteiger partial charge in [-0.1, -0.05) is 6.07 Å². The van der Waals surface area contributed by atoms with Crippen LogP contribution in [0.5, 0.6) is 5.75 Å². The number of carbonyl (C=O) groups is 1. The Labute approximate surface area is 132 Å². The molecule has 3 rings (SSSR count). The average molecular weight is 328 g/mol. The predicted molar refractivity (Wildman–Crippen MR) is 77.9 cm³/mol. The van der Waals surface area contributed by atoms with Gasteiger partial charge in [0, 0.05) is 38.0 Å². The highest BCUT2D eigenvalue weighted by Gasteiger charge is 2.38. The van der Waals surface area contributed by atoms with Gasteiger partial charge in [0.1, 0.15) is 5.75 Å². The van der Waals surface area contributed by atoms with Crippen molar-refractivity contribution in [3.05, 3.63) is 29.3 Å². The van der Waals surface area contributed by atoms with E-state index >= 15 is 0 Å². The third-order valence-corrected chi connectivity index (χ3v) is 4.63. The second-order valence-electron chi connectivity index (χ2n) is 6.18. The molecule has 126 valence electrons. The fourth-order valence-corrected chi connectivity index (χ4v) is 3.48. The molecule has 2 aliphatic rings. The van der Waals surface area contributed by atoms with Crippen molar-refractivity contribution in [1.29, 1.82) is 0 Å². The second-order valence-corrected chi connectivity index (χ2v) is 6.18. The number of hydrogen-bond donors (Lipinski definition) is 1. The zero-order valence-corrected chi connectivity index (χ0v) is 12.8. The van der Waals surface area contributed by atoms with Crippen LogP contribution in [0, 0.1) is 5.92 Å². The molecule has 2 aliphatic heterocycles. The number of nitrogens with zero attached hydrogens (tertiary/aromatic N) is 1. The van der Waals surface area contributed by atoms with Crippen LogP contribution in [0.4, 0.5) is 13.2 Å². The van der Waals surface area contributed by atoms with Crippen LogP contribution in [0.2, 0.25) is 0 Å². The van der Waals surface area contributed by atoms with Crippen molar-refractivity contribution in [3.8, 4) is 5.75 Å². The Kier molecular flexibility index (Phi) is 4.23. The van der Waals surface area contributed by atoms with Gasteiger partial charge < -0.3 is 10.1 Å². The van der Waals surface area contributed by atoms with Crippen LogP contribution in [-0.2, 0) is 17.5 Å². The van der Waals surface area contributed by atoms with Crippen molar-refractivity contribution in [1.82, 2.24) is 10.2 Å². The van der Waals surface area contributed by atoms with E-state index < -0.39 is 11.7 Å². The number of rotatable bonds is 3. The smallest absolute Gasteiger partial charge is 0.416 e. The van der Waals surface area contributed by atoms with Crippen LogP contribution in [0.15, 0.2) is 18.2 Å². The van der Waals surface area contributed by atoms with E-state index in [1.54, 1.807) is 6.07 Å². The summed E-state index contributed by atoms with van der Waals surface area (Å²) in [4.78, 5) is 13.4. The number of likely N-dealkylation sites (tertiary alicyclic amines) is 1. The first-order valence-corrected chi connectivity index (χ1v) is 7.62. The molecule has 0 radical (unpaired) electrons. The summed E-state index contributed by atoms with van der Waals surface area (Å²) in [6, 6.07) is 4.25.